The Morgan fingerprint density at radius 3 is 3.00 bits per heavy atom. The lowest BCUT2D eigenvalue weighted by atomic mass is 9.86. The van der Waals surface area contributed by atoms with Crippen molar-refractivity contribution in [1.82, 2.24) is 14.9 Å². The highest BCUT2D eigenvalue weighted by Gasteiger charge is 2.44. The van der Waals surface area contributed by atoms with Gasteiger partial charge in [0.05, 0.1) is 32.5 Å². The summed E-state index contributed by atoms with van der Waals surface area (Å²) >= 11 is 0. The molecule has 7 heteroatoms. The number of ether oxygens (including phenoxy) is 3. The fourth-order valence-electron chi connectivity index (χ4n) is 4.40. The Morgan fingerprint density at radius 1 is 1.28 bits per heavy atom. The van der Waals surface area contributed by atoms with E-state index in [0.29, 0.717) is 11.8 Å². The molecule has 3 saturated heterocycles. The molecule has 7 nitrogen and oxygen atoms in total. The fraction of sp³-hybridized carbons (Fsp3) is 0.778. The second-order valence-corrected chi connectivity index (χ2v) is 7.42. The smallest absolute Gasteiger partial charge is 0.218 e. The lowest BCUT2D eigenvalue weighted by Crippen LogP contribution is -2.48. The molecular formula is C18H28N4O3. The zero-order chi connectivity index (χ0) is 17.1. The molecule has 0 aromatic carbocycles. The molecule has 0 saturated carbocycles. The zero-order valence-electron chi connectivity index (χ0n) is 15.0. The minimum Gasteiger partial charge on any atom is -0.481 e. The number of nitrogens with zero attached hydrogens (tertiary/aromatic N) is 4. The van der Waals surface area contributed by atoms with Gasteiger partial charge in [0.2, 0.25) is 5.88 Å². The molecule has 4 heterocycles. The summed E-state index contributed by atoms with van der Waals surface area (Å²) in [4.78, 5) is 13.4. The van der Waals surface area contributed by atoms with Crippen LogP contribution in [0.2, 0.25) is 0 Å². The second kappa shape index (κ2) is 7.43. The summed E-state index contributed by atoms with van der Waals surface area (Å²) in [5.41, 5.74) is -0.0204. The van der Waals surface area contributed by atoms with Gasteiger partial charge in [-0.25, -0.2) is 9.97 Å². The molecule has 2 atom stereocenters. The van der Waals surface area contributed by atoms with Crippen LogP contribution in [0.5, 0.6) is 5.88 Å². The van der Waals surface area contributed by atoms with E-state index in [-0.39, 0.29) is 5.60 Å². The largest absolute Gasteiger partial charge is 0.481 e. The van der Waals surface area contributed by atoms with Crippen molar-refractivity contribution in [2.24, 2.45) is 5.92 Å². The first-order chi connectivity index (χ1) is 12.3. The van der Waals surface area contributed by atoms with E-state index in [1.165, 1.54) is 0 Å². The number of methoxy groups -OCH3 is 1. The Kier molecular flexibility index (Phi) is 5.05. The van der Waals surface area contributed by atoms with Crippen molar-refractivity contribution in [2.75, 3.05) is 64.6 Å². The van der Waals surface area contributed by atoms with Crippen molar-refractivity contribution in [1.29, 1.82) is 0 Å². The van der Waals surface area contributed by atoms with Crippen LogP contribution >= 0.6 is 0 Å². The normalized spacial score (nSPS) is 30.8. The van der Waals surface area contributed by atoms with Gasteiger partial charge in [0.15, 0.2) is 0 Å². The molecule has 4 rings (SSSR count). The third-order valence-corrected chi connectivity index (χ3v) is 5.61. The van der Waals surface area contributed by atoms with Gasteiger partial charge in [-0.3, -0.25) is 4.90 Å². The Hall–Kier alpha value is -1.44. The molecule has 3 aliphatic heterocycles. The van der Waals surface area contributed by atoms with Gasteiger partial charge in [0.25, 0.3) is 0 Å². The second-order valence-electron chi connectivity index (χ2n) is 7.42. The highest BCUT2D eigenvalue weighted by Crippen LogP contribution is 2.39. The SMILES string of the molecule is COc1cc(N2CCC[C@]3(C[C@H](CN4CCOCC4)CO3)C2)ncn1. The molecule has 25 heavy (non-hydrogen) atoms. The van der Waals surface area contributed by atoms with Gasteiger partial charge >= 0.3 is 0 Å². The van der Waals surface area contributed by atoms with Gasteiger partial charge in [-0.1, -0.05) is 0 Å². The number of hydrogen-bond acceptors (Lipinski definition) is 7. The maximum absolute atomic E-state index is 6.37. The van der Waals surface area contributed by atoms with Crippen LogP contribution in [-0.4, -0.2) is 80.1 Å². The molecule has 0 bridgehead atoms. The Morgan fingerprint density at radius 2 is 2.16 bits per heavy atom. The van der Waals surface area contributed by atoms with Gasteiger partial charge in [0.1, 0.15) is 12.1 Å². The summed E-state index contributed by atoms with van der Waals surface area (Å²) < 4.78 is 17.1. The minimum atomic E-state index is -0.0204. The topological polar surface area (TPSA) is 60.0 Å². The molecule has 3 aliphatic rings. The van der Waals surface area contributed by atoms with Crippen molar-refractivity contribution < 1.29 is 14.2 Å². The Labute approximate surface area is 149 Å². The van der Waals surface area contributed by atoms with E-state index in [4.69, 9.17) is 14.2 Å². The van der Waals surface area contributed by atoms with Crippen LogP contribution in [0.15, 0.2) is 12.4 Å². The highest BCUT2D eigenvalue weighted by molar-refractivity contribution is 5.42. The first-order valence-electron chi connectivity index (χ1n) is 9.31. The summed E-state index contributed by atoms with van der Waals surface area (Å²) in [5.74, 6) is 2.17. The van der Waals surface area contributed by atoms with Crippen LogP contribution < -0.4 is 9.64 Å². The van der Waals surface area contributed by atoms with E-state index >= 15 is 0 Å². The van der Waals surface area contributed by atoms with Gasteiger partial charge in [-0.15, -0.1) is 0 Å². The number of anilines is 1. The number of hydrogen-bond donors (Lipinski definition) is 0. The van der Waals surface area contributed by atoms with Gasteiger partial charge in [0, 0.05) is 38.8 Å². The summed E-state index contributed by atoms with van der Waals surface area (Å²) in [6.07, 6.45) is 5.00. The van der Waals surface area contributed by atoms with Crippen LogP contribution in [-0.2, 0) is 9.47 Å². The van der Waals surface area contributed by atoms with Gasteiger partial charge in [-0.05, 0) is 25.2 Å². The summed E-state index contributed by atoms with van der Waals surface area (Å²) in [6, 6.07) is 1.92. The summed E-state index contributed by atoms with van der Waals surface area (Å²) in [5, 5.41) is 0. The maximum Gasteiger partial charge on any atom is 0.218 e. The number of piperidine rings is 1. The molecule has 0 aliphatic carbocycles. The van der Waals surface area contributed by atoms with Gasteiger partial charge < -0.3 is 19.1 Å². The number of morpholine rings is 1. The van der Waals surface area contributed by atoms with E-state index in [1.54, 1.807) is 13.4 Å². The highest BCUT2D eigenvalue weighted by atomic mass is 16.5. The average Bonchev–Trinajstić information content (AvgIpc) is 3.04. The number of aromatic nitrogens is 2. The Bertz CT molecular complexity index is 581. The minimum absolute atomic E-state index is 0.0204. The lowest BCUT2D eigenvalue weighted by Gasteiger charge is -2.40. The van der Waals surface area contributed by atoms with Crippen molar-refractivity contribution in [3.8, 4) is 5.88 Å². The van der Waals surface area contributed by atoms with Crippen LogP contribution in [0.25, 0.3) is 0 Å². The molecule has 0 radical (unpaired) electrons. The first kappa shape index (κ1) is 17.0. The van der Waals surface area contributed by atoms with Crippen LogP contribution in [0.3, 0.4) is 0 Å². The third-order valence-electron chi connectivity index (χ3n) is 5.61. The van der Waals surface area contributed by atoms with Crippen LogP contribution in [0, 0.1) is 5.92 Å². The summed E-state index contributed by atoms with van der Waals surface area (Å²) in [6.45, 7) is 7.76. The van der Waals surface area contributed by atoms with E-state index in [0.717, 1.165) is 77.6 Å². The molecule has 1 aromatic rings. The van der Waals surface area contributed by atoms with E-state index < -0.39 is 0 Å². The zero-order valence-corrected chi connectivity index (χ0v) is 15.0. The van der Waals surface area contributed by atoms with Crippen LogP contribution in [0.4, 0.5) is 5.82 Å². The summed E-state index contributed by atoms with van der Waals surface area (Å²) in [7, 11) is 1.64. The molecular weight excluding hydrogens is 320 g/mol. The average molecular weight is 348 g/mol. The van der Waals surface area contributed by atoms with Crippen molar-refractivity contribution in [3.63, 3.8) is 0 Å². The molecule has 138 valence electrons. The maximum atomic E-state index is 6.37. The van der Waals surface area contributed by atoms with Crippen molar-refractivity contribution in [2.45, 2.75) is 24.9 Å². The van der Waals surface area contributed by atoms with Crippen molar-refractivity contribution >= 4 is 5.82 Å². The standard InChI is InChI=1S/C18H28N4O3/c1-23-17-9-16(19-14-20-17)22-4-2-3-18(13-22)10-15(12-25-18)11-21-5-7-24-8-6-21/h9,14-15H,2-8,10-13H2,1H3/t15-,18+/m1/s1. The van der Waals surface area contributed by atoms with E-state index in [9.17, 15) is 0 Å². The Balaban J connectivity index is 1.38. The fourth-order valence-corrected chi connectivity index (χ4v) is 4.40. The molecule has 0 N–H and O–H groups in total. The first-order valence-corrected chi connectivity index (χ1v) is 9.31. The molecule has 1 spiro atoms. The lowest BCUT2D eigenvalue weighted by molar-refractivity contribution is -0.00820. The third kappa shape index (κ3) is 3.88. The predicted octanol–water partition coefficient (Wildman–Crippen LogP) is 1.19. The van der Waals surface area contributed by atoms with Crippen LogP contribution in [0.1, 0.15) is 19.3 Å². The van der Waals surface area contributed by atoms with Crippen molar-refractivity contribution in [3.05, 3.63) is 12.4 Å². The van der Waals surface area contributed by atoms with E-state index in [2.05, 4.69) is 19.8 Å². The van der Waals surface area contributed by atoms with Gasteiger partial charge in [-0.2, -0.15) is 0 Å². The van der Waals surface area contributed by atoms with E-state index in [1.807, 2.05) is 6.07 Å². The molecule has 3 fully saturated rings. The predicted molar refractivity (Wildman–Crippen MR) is 94.1 cm³/mol. The molecule has 1 aromatic heterocycles. The number of rotatable bonds is 4. The molecule has 0 amide bonds. The quantitative estimate of drug-likeness (QED) is 0.810. The monoisotopic (exact) mass is 348 g/mol. The molecule has 0 unspecified atom stereocenters.